The molecule has 2 heterocycles. The summed E-state index contributed by atoms with van der Waals surface area (Å²) in [7, 11) is 0. The van der Waals surface area contributed by atoms with E-state index in [9.17, 15) is 4.79 Å². The minimum atomic E-state index is -0.0200. The van der Waals surface area contributed by atoms with Crippen LogP contribution in [0.3, 0.4) is 0 Å². The second kappa shape index (κ2) is 6.77. The number of anilines is 1. The maximum absolute atomic E-state index is 12.5. The lowest BCUT2D eigenvalue weighted by Crippen LogP contribution is -2.16. The lowest BCUT2D eigenvalue weighted by Gasteiger charge is -2.09. The zero-order valence-corrected chi connectivity index (χ0v) is 15.5. The lowest BCUT2D eigenvalue weighted by molar-refractivity contribution is -0.115. The van der Waals surface area contributed by atoms with Crippen LogP contribution in [0.1, 0.15) is 16.8 Å². The zero-order chi connectivity index (χ0) is 18.1. The number of fused-ring (bicyclic) bond motifs is 1. The summed E-state index contributed by atoms with van der Waals surface area (Å²) < 4.78 is 2.01. The number of aryl methyl sites for hydroxylation is 2. The van der Waals surface area contributed by atoms with E-state index in [4.69, 9.17) is 0 Å². The number of benzene rings is 2. The first kappa shape index (κ1) is 16.5. The predicted octanol–water partition coefficient (Wildman–Crippen LogP) is 4.86. The quantitative estimate of drug-likeness (QED) is 0.564. The molecule has 0 bridgehead atoms. The van der Waals surface area contributed by atoms with Gasteiger partial charge in [-0.05, 0) is 31.0 Å². The van der Waals surface area contributed by atoms with E-state index in [0.717, 1.165) is 38.7 Å². The average molecular weight is 361 g/mol. The summed E-state index contributed by atoms with van der Waals surface area (Å²) in [5, 5.41) is 5.02. The van der Waals surface area contributed by atoms with Crippen LogP contribution >= 0.6 is 11.3 Å². The number of hydrogen-bond donors (Lipinski definition) is 1. The third kappa shape index (κ3) is 3.26. The SMILES string of the molecule is Cc1ccc(C)c(NC(=O)Cc2csc3nc(-c4ccccc4)cn23)c1. The number of rotatable bonds is 4. The van der Waals surface area contributed by atoms with Crippen LogP contribution in [0.2, 0.25) is 0 Å². The van der Waals surface area contributed by atoms with Crippen molar-refractivity contribution in [2.24, 2.45) is 0 Å². The molecule has 2 aromatic carbocycles. The molecule has 0 saturated heterocycles. The second-order valence-corrected chi connectivity index (χ2v) is 7.25. The average Bonchev–Trinajstić information content (AvgIpc) is 3.21. The minimum Gasteiger partial charge on any atom is -0.326 e. The highest BCUT2D eigenvalue weighted by Gasteiger charge is 2.13. The molecule has 1 amide bonds. The van der Waals surface area contributed by atoms with E-state index in [1.807, 2.05) is 78.4 Å². The van der Waals surface area contributed by atoms with Crippen molar-refractivity contribution in [1.82, 2.24) is 9.38 Å². The molecule has 130 valence electrons. The van der Waals surface area contributed by atoms with E-state index in [1.54, 1.807) is 11.3 Å². The number of nitrogens with zero attached hydrogens (tertiary/aromatic N) is 2. The van der Waals surface area contributed by atoms with Gasteiger partial charge in [0, 0.05) is 28.5 Å². The van der Waals surface area contributed by atoms with Crippen molar-refractivity contribution < 1.29 is 4.79 Å². The number of amides is 1. The molecule has 0 aliphatic heterocycles. The van der Waals surface area contributed by atoms with Crippen molar-refractivity contribution in [2.45, 2.75) is 20.3 Å². The second-order valence-electron chi connectivity index (χ2n) is 6.42. The van der Waals surface area contributed by atoms with E-state index < -0.39 is 0 Å². The maximum Gasteiger partial charge on any atom is 0.230 e. The van der Waals surface area contributed by atoms with E-state index in [-0.39, 0.29) is 5.91 Å². The van der Waals surface area contributed by atoms with Gasteiger partial charge < -0.3 is 5.32 Å². The largest absolute Gasteiger partial charge is 0.326 e. The van der Waals surface area contributed by atoms with Crippen molar-refractivity contribution in [3.8, 4) is 11.3 Å². The van der Waals surface area contributed by atoms with Gasteiger partial charge in [-0.25, -0.2) is 4.98 Å². The van der Waals surface area contributed by atoms with Gasteiger partial charge in [0.25, 0.3) is 0 Å². The van der Waals surface area contributed by atoms with Crippen LogP contribution in [0.4, 0.5) is 5.69 Å². The molecule has 4 aromatic rings. The summed E-state index contributed by atoms with van der Waals surface area (Å²) in [5.41, 5.74) is 6.02. The molecule has 5 heteroatoms. The number of carbonyl (C=O) groups is 1. The molecule has 0 saturated carbocycles. The Bertz CT molecular complexity index is 1080. The summed E-state index contributed by atoms with van der Waals surface area (Å²) in [4.78, 5) is 18.1. The van der Waals surface area contributed by atoms with Gasteiger partial charge in [0.05, 0.1) is 12.1 Å². The number of hydrogen-bond acceptors (Lipinski definition) is 3. The molecule has 0 radical (unpaired) electrons. The molecule has 0 fully saturated rings. The Hall–Kier alpha value is -2.92. The van der Waals surface area contributed by atoms with E-state index in [1.165, 1.54) is 0 Å². The third-order valence-electron chi connectivity index (χ3n) is 4.36. The van der Waals surface area contributed by atoms with Crippen molar-refractivity contribution in [3.63, 3.8) is 0 Å². The Morgan fingerprint density at radius 1 is 1.15 bits per heavy atom. The van der Waals surface area contributed by atoms with Crippen LogP contribution in [0.25, 0.3) is 16.2 Å². The van der Waals surface area contributed by atoms with Gasteiger partial charge in [0.2, 0.25) is 5.91 Å². The smallest absolute Gasteiger partial charge is 0.230 e. The summed E-state index contributed by atoms with van der Waals surface area (Å²) in [6, 6.07) is 16.1. The summed E-state index contributed by atoms with van der Waals surface area (Å²) >= 11 is 1.56. The molecule has 26 heavy (non-hydrogen) atoms. The van der Waals surface area contributed by atoms with Crippen LogP contribution in [0.5, 0.6) is 0 Å². The molecule has 4 rings (SSSR count). The standard InChI is InChI=1S/C21H19N3OS/c1-14-8-9-15(2)18(10-14)22-20(25)11-17-13-26-21-23-19(12-24(17)21)16-6-4-3-5-7-16/h3-10,12-13H,11H2,1-2H3,(H,22,25). The first-order valence-corrected chi connectivity index (χ1v) is 9.36. The number of imidazole rings is 1. The Morgan fingerprint density at radius 3 is 2.77 bits per heavy atom. The number of nitrogens with one attached hydrogen (secondary N) is 1. The molecule has 4 nitrogen and oxygen atoms in total. The normalized spacial score (nSPS) is 11.0. The first-order valence-electron chi connectivity index (χ1n) is 8.48. The molecule has 0 unspecified atom stereocenters. The van der Waals surface area contributed by atoms with Crippen molar-refractivity contribution in [2.75, 3.05) is 5.32 Å². The fraction of sp³-hybridized carbons (Fsp3) is 0.143. The van der Waals surface area contributed by atoms with Gasteiger partial charge in [0.1, 0.15) is 0 Å². The van der Waals surface area contributed by atoms with Gasteiger partial charge in [-0.3, -0.25) is 9.20 Å². The van der Waals surface area contributed by atoms with Crippen LogP contribution in [-0.4, -0.2) is 15.3 Å². The van der Waals surface area contributed by atoms with E-state index >= 15 is 0 Å². The highest BCUT2D eigenvalue weighted by molar-refractivity contribution is 7.15. The Labute approximate surface area is 156 Å². The minimum absolute atomic E-state index is 0.0200. The fourth-order valence-electron chi connectivity index (χ4n) is 2.93. The van der Waals surface area contributed by atoms with Gasteiger partial charge >= 0.3 is 0 Å². The van der Waals surface area contributed by atoms with E-state index in [0.29, 0.717) is 6.42 Å². The summed E-state index contributed by atoms with van der Waals surface area (Å²) in [5.74, 6) is -0.0200. The van der Waals surface area contributed by atoms with Gasteiger partial charge in [-0.2, -0.15) is 0 Å². The van der Waals surface area contributed by atoms with Gasteiger partial charge in [-0.15, -0.1) is 11.3 Å². The van der Waals surface area contributed by atoms with Crippen molar-refractivity contribution in [1.29, 1.82) is 0 Å². The fourth-order valence-corrected chi connectivity index (χ4v) is 3.81. The van der Waals surface area contributed by atoms with Crippen molar-refractivity contribution >= 4 is 27.9 Å². The molecule has 1 N–H and O–H groups in total. The maximum atomic E-state index is 12.5. The highest BCUT2D eigenvalue weighted by atomic mass is 32.1. The monoisotopic (exact) mass is 361 g/mol. The molecular weight excluding hydrogens is 342 g/mol. The molecular formula is C21H19N3OS. The Balaban J connectivity index is 1.56. The number of aromatic nitrogens is 2. The third-order valence-corrected chi connectivity index (χ3v) is 5.25. The molecule has 0 atom stereocenters. The zero-order valence-electron chi connectivity index (χ0n) is 14.7. The van der Waals surface area contributed by atoms with Crippen LogP contribution in [0, 0.1) is 13.8 Å². The highest BCUT2D eigenvalue weighted by Crippen LogP contribution is 2.24. The topological polar surface area (TPSA) is 46.4 Å². The van der Waals surface area contributed by atoms with Crippen LogP contribution in [0.15, 0.2) is 60.1 Å². The first-order chi connectivity index (χ1) is 12.6. The van der Waals surface area contributed by atoms with Crippen LogP contribution < -0.4 is 5.32 Å². The van der Waals surface area contributed by atoms with Gasteiger partial charge in [-0.1, -0.05) is 42.5 Å². The summed E-state index contributed by atoms with van der Waals surface area (Å²) in [6.45, 7) is 4.02. The summed E-state index contributed by atoms with van der Waals surface area (Å²) in [6.07, 6.45) is 2.32. The number of carbonyl (C=O) groups excluding carboxylic acids is 1. The van der Waals surface area contributed by atoms with E-state index in [2.05, 4.69) is 10.3 Å². The molecule has 0 aliphatic rings. The molecule has 0 aliphatic carbocycles. The Morgan fingerprint density at radius 2 is 1.96 bits per heavy atom. The van der Waals surface area contributed by atoms with Crippen LogP contribution in [-0.2, 0) is 11.2 Å². The number of thiazole rings is 1. The molecule has 0 spiro atoms. The van der Waals surface area contributed by atoms with Gasteiger partial charge in [0.15, 0.2) is 4.96 Å². The molecule has 2 aromatic heterocycles. The van der Waals surface area contributed by atoms with Crippen molar-refractivity contribution in [3.05, 3.63) is 76.9 Å². The predicted molar refractivity (Wildman–Crippen MR) is 107 cm³/mol. The Kier molecular flexibility index (Phi) is 4.31. The lowest BCUT2D eigenvalue weighted by atomic mass is 10.1.